The van der Waals surface area contributed by atoms with Crippen molar-refractivity contribution >= 4 is 7.82 Å². The lowest BCUT2D eigenvalue weighted by Gasteiger charge is -2.22. The van der Waals surface area contributed by atoms with Crippen molar-refractivity contribution in [3.63, 3.8) is 0 Å². The van der Waals surface area contributed by atoms with Crippen LogP contribution in [0, 0.1) is 0 Å². The van der Waals surface area contributed by atoms with Crippen LogP contribution in [-0.2, 0) is 31.4 Å². The van der Waals surface area contributed by atoms with Crippen LogP contribution < -0.4 is 4.74 Å². The van der Waals surface area contributed by atoms with Crippen molar-refractivity contribution < 1.29 is 28.0 Å². The van der Waals surface area contributed by atoms with E-state index in [-0.39, 0.29) is 12.4 Å². The second-order valence-electron chi connectivity index (χ2n) is 5.05. The zero-order valence-electron chi connectivity index (χ0n) is 12.8. The van der Waals surface area contributed by atoms with Crippen molar-refractivity contribution in [2.45, 2.75) is 13.2 Å². The number of benzene rings is 2. The highest BCUT2D eigenvalue weighted by Gasteiger charge is 2.23. The van der Waals surface area contributed by atoms with Gasteiger partial charge in [0.1, 0.15) is 18.1 Å². The topological polar surface area (TPSA) is 74.2 Å². The van der Waals surface area contributed by atoms with Gasteiger partial charge >= 0.3 is 7.82 Å². The Hall–Kier alpha value is -1.85. The summed E-state index contributed by atoms with van der Waals surface area (Å²) in [5, 5.41) is 9.55. The molecule has 0 spiro atoms. The second-order valence-corrected chi connectivity index (χ2v) is 6.93. The molecule has 0 aromatic heterocycles. The number of fused-ring (bicyclic) bond motifs is 3. The number of phosphoric acid groups is 1. The minimum atomic E-state index is -3.50. The maximum Gasteiger partial charge on any atom is 0.474 e. The molecule has 2 aromatic carbocycles. The Kier molecular flexibility index (Phi) is 4.41. The molecule has 6 nitrogen and oxygen atoms in total. The number of aromatic hydroxyl groups is 1. The van der Waals surface area contributed by atoms with Crippen LogP contribution >= 0.6 is 7.82 Å². The lowest BCUT2D eigenvalue weighted by Crippen LogP contribution is -2.06. The second kappa shape index (κ2) is 6.34. The normalized spacial score (nSPS) is 13.1. The van der Waals surface area contributed by atoms with Crippen molar-refractivity contribution in [3.8, 4) is 22.6 Å². The third kappa shape index (κ3) is 3.26. The van der Waals surface area contributed by atoms with E-state index in [1.807, 2.05) is 24.3 Å². The maximum atomic E-state index is 11.9. The molecule has 0 fully saturated rings. The van der Waals surface area contributed by atoms with E-state index in [0.717, 1.165) is 22.3 Å². The average molecular weight is 336 g/mol. The van der Waals surface area contributed by atoms with E-state index in [9.17, 15) is 9.67 Å². The number of phenols is 1. The molecule has 7 heteroatoms. The van der Waals surface area contributed by atoms with Crippen LogP contribution in [0.4, 0.5) is 0 Å². The third-order valence-electron chi connectivity index (χ3n) is 3.64. The van der Waals surface area contributed by atoms with Gasteiger partial charge in [0.15, 0.2) is 0 Å². The molecule has 1 aliphatic rings. The van der Waals surface area contributed by atoms with Gasteiger partial charge in [-0.25, -0.2) is 4.57 Å². The molecule has 122 valence electrons. The van der Waals surface area contributed by atoms with Crippen LogP contribution in [0.15, 0.2) is 36.4 Å². The summed E-state index contributed by atoms with van der Waals surface area (Å²) < 4.78 is 32.3. The average Bonchev–Trinajstić information content (AvgIpc) is 2.59. The van der Waals surface area contributed by atoms with Gasteiger partial charge < -0.3 is 9.84 Å². The van der Waals surface area contributed by atoms with E-state index < -0.39 is 7.82 Å². The molecule has 1 aliphatic heterocycles. The van der Waals surface area contributed by atoms with Gasteiger partial charge in [0.05, 0.1) is 6.61 Å². The zero-order chi connectivity index (χ0) is 16.4. The predicted octanol–water partition coefficient (Wildman–Crippen LogP) is 3.87. The van der Waals surface area contributed by atoms with Gasteiger partial charge in [0.25, 0.3) is 0 Å². The van der Waals surface area contributed by atoms with E-state index >= 15 is 0 Å². The molecule has 0 unspecified atom stereocenters. The number of hydrogen-bond donors (Lipinski definition) is 1. The van der Waals surface area contributed by atoms with Crippen LogP contribution in [0.25, 0.3) is 11.1 Å². The molecule has 0 atom stereocenters. The van der Waals surface area contributed by atoms with Gasteiger partial charge in [-0.1, -0.05) is 18.2 Å². The fourth-order valence-electron chi connectivity index (χ4n) is 2.45. The molecule has 0 aliphatic carbocycles. The van der Waals surface area contributed by atoms with Crippen LogP contribution in [-0.4, -0.2) is 19.3 Å². The first-order chi connectivity index (χ1) is 11.0. The Balaban J connectivity index is 1.84. The smallest absolute Gasteiger partial charge is 0.474 e. The van der Waals surface area contributed by atoms with Crippen molar-refractivity contribution in [1.29, 1.82) is 0 Å². The Bertz CT molecular complexity index is 765. The quantitative estimate of drug-likeness (QED) is 0.836. The summed E-state index contributed by atoms with van der Waals surface area (Å²) in [6, 6.07) is 10.8. The molecule has 0 amide bonds. The third-order valence-corrected chi connectivity index (χ3v) is 4.98. The highest BCUT2D eigenvalue weighted by molar-refractivity contribution is 7.48. The molecule has 1 heterocycles. The molecule has 0 radical (unpaired) electrons. The molecule has 0 saturated heterocycles. The summed E-state index contributed by atoms with van der Waals surface area (Å²) in [6.07, 6.45) is 0. The molecule has 0 bridgehead atoms. The van der Waals surface area contributed by atoms with Crippen molar-refractivity contribution in [3.05, 3.63) is 47.5 Å². The van der Waals surface area contributed by atoms with Gasteiger partial charge in [-0.2, -0.15) is 0 Å². The highest BCUT2D eigenvalue weighted by Crippen LogP contribution is 2.48. The van der Waals surface area contributed by atoms with Gasteiger partial charge in [0, 0.05) is 25.3 Å². The Morgan fingerprint density at radius 1 is 1.13 bits per heavy atom. The van der Waals surface area contributed by atoms with Gasteiger partial charge in [-0.05, 0) is 29.3 Å². The van der Waals surface area contributed by atoms with E-state index in [4.69, 9.17) is 18.3 Å². The monoisotopic (exact) mass is 336 g/mol. The Morgan fingerprint density at radius 3 is 2.61 bits per heavy atom. The van der Waals surface area contributed by atoms with Gasteiger partial charge in [-0.15, -0.1) is 0 Å². The van der Waals surface area contributed by atoms with Crippen LogP contribution in [0.2, 0.25) is 0 Å². The van der Waals surface area contributed by atoms with Crippen LogP contribution in [0.5, 0.6) is 11.5 Å². The Morgan fingerprint density at radius 2 is 1.87 bits per heavy atom. The summed E-state index contributed by atoms with van der Waals surface area (Å²) in [7, 11) is -0.961. The summed E-state index contributed by atoms with van der Waals surface area (Å²) >= 11 is 0. The van der Waals surface area contributed by atoms with Crippen molar-refractivity contribution in [2.75, 3.05) is 14.2 Å². The van der Waals surface area contributed by atoms with E-state index in [1.165, 1.54) is 14.2 Å². The van der Waals surface area contributed by atoms with Crippen LogP contribution in [0.1, 0.15) is 11.1 Å². The van der Waals surface area contributed by atoms with Crippen molar-refractivity contribution in [1.82, 2.24) is 0 Å². The minimum Gasteiger partial charge on any atom is -0.508 e. The summed E-state index contributed by atoms with van der Waals surface area (Å²) in [6.45, 7) is 0.466. The standard InChI is InChI=1S/C16H17O6P/c1-19-23(18,20-2)22-9-11-3-5-15-14-6-4-13(17)8-12(14)10-21-16(15)7-11/h3-8,17H,9-10H2,1-2H3. The molecule has 0 saturated carbocycles. The van der Waals surface area contributed by atoms with Gasteiger partial charge in [-0.3, -0.25) is 13.6 Å². The van der Waals surface area contributed by atoms with Crippen molar-refractivity contribution in [2.24, 2.45) is 0 Å². The largest absolute Gasteiger partial charge is 0.508 e. The minimum absolute atomic E-state index is 0.0814. The fourth-order valence-corrected chi connectivity index (χ4v) is 3.12. The number of phosphoric ester groups is 1. The first-order valence-corrected chi connectivity index (χ1v) is 8.45. The highest BCUT2D eigenvalue weighted by atomic mass is 31.2. The maximum absolute atomic E-state index is 11.9. The summed E-state index contributed by atoms with van der Waals surface area (Å²) in [4.78, 5) is 0. The Labute approximate surface area is 134 Å². The number of phenolic OH excluding ortho intramolecular Hbond substituents is 1. The lowest BCUT2D eigenvalue weighted by atomic mass is 9.96. The molecular formula is C16H17O6P. The number of rotatable bonds is 5. The van der Waals surface area contributed by atoms with E-state index in [0.29, 0.717) is 12.4 Å². The van der Waals surface area contributed by atoms with Crippen LogP contribution in [0.3, 0.4) is 0 Å². The summed E-state index contributed by atoms with van der Waals surface area (Å²) in [5.74, 6) is 0.935. The van der Waals surface area contributed by atoms with E-state index in [1.54, 1.807) is 12.1 Å². The first kappa shape index (κ1) is 16.0. The van der Waals surface area contributed by atoms with Gasteiger partial charge in [0.2, 0.25) is 0 Å². The number of hydrogen-bond acceptors (Lipinski definition) is 6. The molecular weight excluding hydrogens is 319 g/mol. The van der Waals surface area contributed by atoms with E-state index in [2.05, 4.69) is 0 Å². The molecule has 2 aromatic rings. The molecule has 3 rings (SSSR count). The molecule has 1 N–H and O–H groups in total. The summed E-state index contributed by atoms with van der Waals surface area (Å²) in [5.41, 5.74) is 3.69. The molecule has 23 heavy (non-hydrogen) atoms. The zero-order valence-corrected chi connectivity index (χ0v) is 13.7. The predicted molar refractivity (Wildman–Crippen MR) is 84.3 cm³/mol. The SMILES string of the molecule is COP(=O)(OC)OCc1ccc2c(c1)OCc1cc(O)ccc1-2. The fraction of sp³-hybridized carbons (Fsp3) is 0.250. The first-order valence-electron chi connectivity index (χ1n) is 6.99. The lowest BCUT2D eigenvalue weighted by molar-refractivity contribution is 0.145. The number of ether oxygens (including phenoxy) is 1.